The lowest BCUT2D eigenvalue weighted by Crippen LogP contribution is -2.15. The zero-order valence-electron chi connectivity index (χ0n) is 11.1. The van der Waals surface area contributed by atoms with Crippen molar-refractivity contribution in [2.24, 2.45) is 0 Å². The first kappa shape index (κ1) is 13.1. The van der Waals surface area contributed by atoms with Crippen LogP contribution in [0.25, 0.3) is 0 Å². The van der Waals surface area contributed by atoms with E-state index in [1.165, 1.54) is 5.56 Å². The van der Waals surface area contributed by atoms with Crippen LogP contribution in [0.5, 0.6) is 0 Å². The van der Waals surface area contributed by atoms with Gasteiger partial charge in [0.15, 0.2) is 0 Å². The van der Waals surface area contributed by atoms with Crippen LogP contribution >= 0.6 is 0 Å². The lowest BCUT2D eigenvalue weighted by Gasteiger charge is -2.07. The van der Waals surface area contributed by atoms with Crippen LogP contribution in [0.4, 0.5) is 11.4 Å². The summed E-state index contributed by atoms with van der Waals surface area (Å²) >= 11 is 0. The number of nitrogen functional groups attached to an aromatic ring is 1. The Kier molecular flexibility index (Phi) is 3.80. The number of nitrogens with one attached hydrogen (secondary N) is 1. The molecule has 1 heterocycles. The van der Waals surface area contributed by atoms with E-state index in [1.807, 2.05) is 32.0 Å². The molecule has 0 aliphatic heterocycles. The molecule has 2 rings (SSSR count). The van der Waals surface area contributed by atoms with Crippen LogP contribution in [0.1, 0.15) is 16.8 Å². The monoisotopic (exact) mass is 255 g/mol. The average molecular weight is 255 g/mol. The maximum Gasteiger partial charge on any atom is 0.230 e. The lowest BCUT2D eigenvalue weighted by molar-refractivity contribution is -0.115. The van der Waals surface area contributed by atoms with Crippen molar-refractivity contribution >= 4 is 17.3 Å². The van der Waals surface area contributed by atoms with Gasteiger partial charge in [-0.3, -0.25) is 9.78 Å². The quantitative estimate of drug-likeness (QED) is 0.885. The summed E-state index contributed by atoms with van der Waals surface area (Å²) in [5.41, 5.74) is 10.0. The molecule has 1 aromatic carbocycles. The number of rotatable bonds is 3. The number of nitrogens with two attached hydrogens (primary N) is 1. The molecule has 0 fully saturated rings. The second kappa shape index (κ2) is 5.52. The standard InChI is InChI=1S/C15H17N3O/c1-10-3-5-14(7-11(10)2)18-15(19)8-13-6-4-12(16)9-17-13/h3-7,9H,8,16H2,1-2H3,(H,18,19). The molecule has 0 bridgehead atoms. The van der Waals surface area contributed by atoms with E-state index in [-0.39, 0.29) is 12.3 Å². The van der Waals surface area contributed by atoms with Crippen LogP contribution in [0, 0.1) is 13.8 Å². The fourth-order valence-electron chi connectivity index (χ4n) is 1.73. The third kappa shape index (κ3) is 3.55. The highest BCUT2D eigenvalue weighted by Crippen LogP contribution is 2.14. The minimum atomic E-state index is -0.0828. The number of carbonyl (C=O) groups is 1. The Balaban J connectivity index is 2.01. The normalized spacial score (nSPS) is 10.2. The number of hydrogen-bond donors (Lipinski definition) is 2. The van der Waals surface area contributed by atoms with Crippen molar-refractivity contribution in [2.75, 3.05) is 11.1 Å². The number of amides is 1. The summed E-state index contributed by atoms with van der Waals surface area (Å²) in [4.78, 5) is 16.0. The van der Waals surface area contributed by atoms with Crippen LogP contribution in [-0.2, 0) is 11.2 Å². The number of carbonyl (C=O) groups excluding carboxylic acids is 1. The van der Waals surface area contributed by atoms with E-state index in [4.69, 9.17) is 5.73 Å². The Morgan fingerprint density at radius 3 is 2.63 bits per heavy atom. The third-order valence-corrected chi connectivity index (χ3v) is 2.98. The molecule has 0 spiro atoms. The number of benzene rings is 1. The van der Waals surface area contributed by atoms with Crippen molar-refractivity contribution in [1.82, 2.24) is 4.98 Å². The molecule has 2 aromatic rings. The van der Waals surface area contributed by atoms with Gasteiger partial charge in [0.05, 0.1) is 18.3 Å². The summed E-state index contributed by atoms with van der Waals surface area (Å²) in [5, 5.41) is 2.86. The number of anilines is 2. The van der Waals surface area contributed by atoms with Gasteiger partial charge in [-0.05, 0) is 49.2 Å². The van der Waals surface area contributed by atoms with Crippen molar-refractivity contribution in [2.45, 2.75) is 20.3 Å². The zero-order valence-corrected chi connectivity index (χ0v) is 11.1. The van der Waals surface area contributed by atoms with Crippen molar-refractivity contribution in [1.29, 1.82) is 0 Å². The van der Waals surface area contributed by atoms with Crippen LogP contribution < -0.4 is 11.1 Å². The molecule has 1 amide bonds. The van der Waals surface area contributed by atoms with Gasteiger partial charge in [0.1, 0.15) is 0 Å². The molecule has 0 saturated carbocycles. The van der Waals surface area contributed by atoms with E-state index in [0.717, 1.165) is 11.3 Å². The zero-order chi connectivity index (χ0) is 13.8. The number of pyridine rings is 1. The maximum atomic E-state index is 11.9. The highest BCUT2D eigenvalue weighted by atomic mass is 16.1. The minimum absolute atomic E-state index is 0.0828. The van der Waals surface area contributed by atoms with Gasteiger partial charge in [0.2, 0.25) is 5.91 Å². The second-order valence-corrected chi connectivity index (χ2v) is 4.61. The van der Waals surface area contributed by atoms with Gasteiger partial charge in [0.25, 0.3) is 0 Å². The molecule has 98 valence electrons. The number of hydrogen-bond acceptors (Lipinski definition) is 3. The van der Waals surface area contributed by atoms with E-state index < -0.39 is 0 Å². The lowest BCUT2D eigenvalue weighted by atomic mass is 10.1. The third-order valence-electron chi connectivity index (χ3n) is 2.98. The summed E-state index contributed by atoms with van der Waals surface area (Å²) < 4.78 is 0. The van der Waals surface area contributed by atoms with E-state index in [9.17, 15) is 4.79 Å². The molecule has 0 aliphatic carbocycles. The highest BCUT2D eigenvalue weighted by molar-refractivity contribution is 5.92. The maximum absolute atomic E-state index is 11.9. The molecular weight excluding hydrogens is 238 g/mol. The van der Waals surface area contributed by atoms with Gasteiger partial charge in [-0.25, -0.2) is 0 Å². The summed E-state index contributed by atoms with van der Waals surface area (Å²) in [7, 11) is 0. The molecule has 0 atom stereocenters. The molecular formula is C15H17N3O. The fourth-order valence-corrected chi connectivity index (χ4v) is 1.73. The predicted molar refractivity (Wildman–Crippen MR) is 76.9 cm³/mol. The summed E-state index contributed by atoms with van der Waals surface area (Å²) in [6.45, 7) is 4.06. The van der Waals surface area contributed by atoms with Gasteiger partial charge >= 0.3 is 0 Å². The van der Waals surface area contributed by atoms with Crippen LogP contribution in [-0.4, -0.2) is 10.9 Å². The molecule has 0 aliphatic rings. The number of nitrogens with zero attached hydrogens (tertiary/aromatic N) is 1. The first-order chi connectivity index (χ1) is 9.04. The van der Waals surface area contributed by atoms with Gasteiger partial charge in [0, 0.05) is 11.4 Å². The van der Waals surface area contributed by atoms with Crippen molar-refractivity contribution in [3.63, 3.8) is 0 Å². The summed E-state index contributed by atoms with van der Waals surface area (Å²) in [5.74, 6) is -0.0828. The van der Waals surface area contributed by atoms with Crippen molar-refractivity contribution in [3.05, 3.63) is 53.3 Å². The summed E-state index contributed by atoms with van der Waals surface area (Å²) in [6, 6.07) is 9.35. The van der Waals surface area contributed by atoms with Gasteiger partial charge in [-0.2, -0.15) is 0 Å². The average Bonchev–Trinajstić information content (AvgIpc) is 2.37. The number of aryl methyl sites for hydroxylation is 2. The van der Waals surface area contributed by atoms with Crippen molar-refractivity contribution in [3.8, 4) is 0 Å². The Morgan fingerprint density at radius 1 is 1.21 bits per heavy atom. The molecule has 0 saturated heterocycles. The topological polar surface area (TPSA) is 68.0 Å². The SMILES string of the molecule is Cc1ccc(NC(=O)Cc2ccc(N)cn2)cc1C. The van der Waals surface area contributed by atoms with Crippen LogP contribution in [0.15, 0.2) is 36.5 Å². The first-order valence-electron chi connectivity index (χ1n) is 6.12. The fraction of sp³-hybridized carbons (Fsp3) is 0.200. The van der Waals surface area contributed by atoms with Crippen molar-refractivity contribution < 1.29 is 4.79 Å². The molecule has 19 heavy (non-hydrogen) atoms. The second-order valence-electron chi connectivity index (χ2n) is 4.61. The Bertz CT molecular complexity index is 591. The largest absolute Gasteiger partial charge is 0.397 e. The first-order valence-corrected chi connectivity index (χ1v) is 6.12. The summed E-state index contributed by atoms with van der Waals surface area (Å²) in [6.07, 6.45) is 1.80. The molecule has 4 nitrogen and oxygen atoms in total. The number of aromatic nitrogens is 1. The van der Waals surface area contributed by atoms with E-state index in [0.29, 0.717) is 11.4 Å². The van der Waals surface area contributed by atoms with E-state index in [1.54, 1.807) is 18.3 Å². The predicted octanol–water partition coefficient (Wildman–Crippen LogP) is 2.46. The van der Waals surface area contributed by atoms with Gasteiger partial charge < -0.3 is 11.1 Å². The van der Waals surface area contributed by atoms with Crippen LogP contribution in [0.3, 0.4) is 0 Å². The Hall–Kier alpha value is -2.36. The van der Waals surface area contributed by atoms with Crippen LogP contribution in [0.2, 0.25) is 0 Å². The molecule has 1 aromatic heterocycles. The smallest absolute Gasteiger partial charge is 0.230 e. The molecule has 3 N–H and O–H groups in total. The molecule has 0 radical (unpaired) electrons. The Labute approximate surface area is 112 Å². The molecule has 4 heteroatoms. The molecule has 0 unspecified atom stereocenters. The Morgan fingerprint density at radius 2 is 2.00 bits per heavy atom. The highest BCUT2D eigenvalue weighted by Gasteiger charge is 2.05. The van der Waals surface area contributed by atoms with Gasteiger partial charge in [-0.15, -0.1) is 0 Å². The van der Waals surface area contributed by atoms with E-state index in [2.05, 4.69) is 10.3 Å². The van der Waals surface area contributed by atoms with E-state index >= 15 is 0 Å². The van der Waals surface area contributed by atoms with Gasteiger partial charge in [-0.1, -0.05) is 6.07 Å². The minimum Gasteiger partial charge on any atom is -0.397 e.